The van der Waals surface area contributed by atoms with Gasteiger partial charge in [-0.3, -0.25) is 0 Å². The van der Waals surface area contributed by atoms with E-state index in [0.29, 0.717) is 19.1 Å². The molecular weight excluding hydrogens is 270 g/mol. The number of hydrogen-bond donors (Lipinski definition) is 0. The molecule has 0 aliphatic carbocycles. The van der Waals surface area contributed by atoms with E-state index in [4.69, 9.17) is 9.47 Å². The summed E-state index contributed by atoms with van der Waals surface area (Å²) in [7, 11) is 0. The van der Waals surface area contributed by atoms with Gasteiger partial charge in [0, 0.05) is 24.4 Å². The zero-order chi connectivity index (χ0) is 15.6. The molecule has 1 aliphatic rings. The molecule has 0 aromatic carbocycles. The summed E-state index contributed by atoms with van der Waals surface area (Å²) in [4.78, 5) is 22.2. The first kappa shape index (κ1) is 15.5. The van der Waals surface area contributed by atoms with E-state index in [2.05, 4.69) is 9.97 Å². The number of carbonyl (C=O) groups excluding carboxylic acids is 1. The highest BCUT2D eigenvalue weighted by Gasteiger charge is 2.31. The van der Waals surface area contributed by atoms with Crippen LogP contribution in [-0.2, 0) is 4.74 Å². The van der Waals surface area contributed by atoms with Crippen molar-refractivity contribution in [1.82, 2.24) is 14.9 Å². The van der Waals surface area contributed by atoms with E-state index in [1.54, 1.807) is 4.90 Å². The predicted octanol–water partition coefficient (Wildman–Crippen LogP) is 2.48. The Labute approximate surface area is 125 Å². The highest BCUT2D eigenvalue weighted by Crippen LogP contribution is 2.18. The average molecular weight is 293 g/mol. The van der Waals surface area contributed by atoms with Crippen LogP contribution >= 0.6 is 0 Å². The van der Waals surface area contributed by atoms with Gasteiger partial charge in [0.05, 0.1) is 6.54 Å². The molecule has 1 aromatic rings. The normalized spacial score (nSPS) is 18.7. The number of carbonyl (C=O) groups is 1. The molecule has 116 valence electrons. The summed E-state index contributed by atoms with van der Waals surface area (Å²) >= 11 is 0. The molecule has 1 fully saturated rings. The number of ether oxygens (including phenoxy) is 2. The van der Waals surface area contributed by atoms with Crippen molar-refractivity contribution >= 4 is 6.09 Å². The Kier molecular flexibility index (Phi) is 4.34. The van der Waals surface area contributed by atoms with E-state index in [1.165, 1.54) is 0 Å². The van der Waals surface area contributed by atoms with Crippen LogP contribution in [0.5, 0.6) is 6.01 Å². The van der Waals surface area contributed by atoms with E-state index in [9.17, 15) is 4.79 Å². The van der Waals surface area contributed by atoms with E-state index in [1.807, 2.05) is 40.7 Å². The van der Waals surface area contributed by atoms with Crippen LogP contribution in [0.1, 0.15) is 38.6 Å². The summed E-state index contributed by atoms with van der Waals surface area (Å²) in [5, 5.41) is 0. The molecule has 21 heavy (non-hydrogen) atoms. The molecule has 6 nitrogen and oxygen atoms in total. The topological polar surface area (TPSA) is 64.5 Å². The summed E-state index contributed by atoms with van der Waals surface area (Å²) in [5.41, 5.74) is 1.27. The van der Waals surface area contributed by atoms with Crippen LogP contribution in [-0.4, -0.2) is 45.8 Å². The Morgan fingerprint density at radius 2 is 1.90 bits per heavy atom. The lowest BCUT2D eigenvalue weighted by Gasteiger charge is -2.24. The number of amides is 1. The second kappa shape index (κ2) is 5.87. The Morgan fingerprint density at radius 1 is 1.29 bits per heavy atom. The van der Waals surface area contributed by atoms with Crippen LogP contribution in [0.4, 0.5) is 4.79 Å². The zero-order valence-electron chi connectivity index (χ0n) is 13.3. The van der Waals surface area contributed by atoms with Gasteiger partial charge in [0.15, 0.2) is 0 Å². The zero-order valence-corrected chi connectivity index (χ0v) is 13.3. The summed E-state index contributed by atoms with van der Waals surface area (Å²) in [6, 6.07) is 2.28. The van der Waals surface area contributed by atoms with Crippen LogP contribution in [0, 0.1) is 13.8 Å². The van der Waals surface area contributed by atoms with E-state index in [-0.39, 0.29) is 12.2 Å². The molecule has 0 spiro atoms. The number of hydrogen-bond acceptors (Lipinski definition) is 5. The molecule has 0 saturated carbocycles. The SMILES string of the molecule is Cc1cc(C)nc(O[C@@H]2CCN(C(=O)OC(C)(C)C)C2)n1. The van der Waals surface area contributed by atoms with Crippen LogP contribution in [0.25, 0.3) is 0 Å². The first-order valence-corrected chi connectivity index (χ1v) is 7.20. The van der Waals surface area contributed by atoms with Gasteiger partial charge in [0.1, 0.15) is 11.7 Å². The molecule has 1 aromatic heterocycles. The fraction of sp³-hybridized carbons (Fsp3) is 0.667. The van der Waals surface area contributed by atoms with Crippen molar-refractivity contribution in [3.05, 3.63) is 17.5 Å². The van der Waals surface area contributed by atoms with Gasteiger partial charge in [-0.25, -0.2) is 14.8 Å². The molecule has 0 N–H and O–H groups in total. The number of likely N-dealkylation sites (tertiary alicyclic amines) is 1. The maximum absolute atomic E-state index is 12.0. The van der Waals surface area contributed by atoms with Crippen molar-refractivity contribution in [2.75, 3.05) is 13.1 Å². The summed E-state index contributed by atoms with van der Waals surface area (Å²) in [6.45, 7) is 10.5. The predicted molar refractivity (Wildman–Crippen MR) is 78.3 cm³/mol. The van der Waals surface area contributed by atoms with Crippen molar-refractivity contribution in [3.63, 3.8) is 0 Å². The van der Waals surface area contributed by atoms with Crippen LogP contribution in [0.2, 0.25) is 0 Å². The number of nitrogens with zero attached hydrogens (tertiary/aromatic N) is 3. The fourth-order valence-electron chi connectivity index (χ4n) is 2.21. The van der Waals surface area contributed by atoms with Gasteiger partial charge in [-0.2, -0.15) is 0 Å². The minimum Gasteiger partial charge on any atom is -0.458 e. The first-order valence-electron chi connectivity index (χ1n) is 7.20. The fourth-order valence-corrected chi connectivity index (χ4v) is 2.21. The van der Waals surface area contributed by atoms with Gasteiger partial charge >= 0.3 is 12.1 Å². The number of rotatable bonds is 2. The Hall–Kier alpha value is -1.85. The Bertz CT molecular complexity index is 505. The molecule has 0 radical (unpaired) electrons. The number of aromatic nitrogens is 2. The highest BCUT2D eigenvalue weighted by atomic mass is 16.6. The van der Waals surface area contributed by atoms with Gasteiger partial charge in [0.25, 0.3) is 0 Å². The number of aryl methyl sites for hydroxylation is 2. The van der Waals surface area contributed by atoms with E-state index in [0.717, 1.165) is 17.8 Å². The molecule has 2 heterocycles. The standard InChI is InChI=1S/C15H23N3O3/c1-10-8-11(2)17-13(16-10)20-12-6-7-18(9-12)14(19)21-15(3,4)5/h8,12H,6-7,9H2,1-5H3/t12-/m1/s1. The van der Waals surface area contributed by atoms with Gasteiger partial charge in [-0.1, -0.05) is 0 Å². The van der Waals surface area contributed by atoms with Crippen molar-refractivity contribution in [1.29, 1.82) is 0 Å². The summed E-state index contributed by atoms with van der Waals surface area (Å²) < 4.78 is 11.1. The lowest BCUT2D eigenvalue weighted by molar-refractivity contribution is 0.0274. The lowest BCUT2D eigenvalue weighted by atomic mass is 10.2. The lowest BCUT2D eigenvalue weighted by Crippen LogP contribution is -2.36. The van der Waals surface area contributed by atoms with Crippen LogP contribution in [0.3, 0.4) is 0 Å². The Balaban J connectivity index is 1.92. The van der Waals surface area contributed by atoms with Crippen molar-refractivity contribution in [2.45, 2.75) is 52.7 Å². The van der Waals surface area contributed by atoms with Gasteiger partial charge in [-0.05, 0) is 40.7 Å². The molecule has 0 unspecified atom stereocenters. The van der Waals surface area contributed by atoms with Gasteiger partial charge < -0.3 is 14.4 Å². The average Bonchev–Trinajstić information content (AvgIpc) is 2.73. The van der Waals surface area contributed by atoms with E-state index >= 15 is 0 Å². The summed E-state index contributed by atoms with van der Waals surface area (Å²) in [5.74, 6) is 0. The molecule has 1 saturated heterocycles. The van der Waals surface area contributed by atoms with Gasteiger partial charge in [-0.15, -0.1) is 0 Å². The second-order valence-electron chi connectivity index (χ2n) is 6.39. The van der Waals surface area contributed by atoms with Crippen molar-refractivity contribution in [3.8, 4) is 6.01 Å². The maximum Gasteiger partial charge on any atom is 0.410 e. The Morgan fingerprint density at radius 3 is 2.48 bits per heavy atom. The third kappa shape index (κ3) is 4.58. The van der Waals surface area contributed by atoms with E-state index < -0.39 is 5.60 Å². The molecule has 6 heteroatoms. The minimum atomic E-state index is -0.479. The molecule has 2 rings (SSSR count). The smallest absolute Gasteiger partial charge is 0.410 e. The van der Waals surface area contributed by atoms with Gasteiger partial charge in [0.2, 0.25) is 0 Å². The second-order valence-corrected chi connectivity index (χ2v) is 6.39. The quantitative estimate of drug-likeness (QED) is 0.838. The van der Waals surface area contributed by atoms with Crippen LogP contribution in [0.15, 0.2) is 6.07 Å². The molecular formula is C15H23N3O3. The maximum atomic E-state index is 12.0. The summed E-state index contributed by atoms with van der Waals surface area (Å²) in [6.07, 6.45) is 0.379. The molecule has 1 atom stereocenters. The van der Waals surface area contributed by atoms with Crippen molar-refractivity contribution < 1.29 is 14.3 Å². The third-order valence-corrected chi connectivity index (χ3v) is 3.03. The molecule has 0 bridgehead atoms. The highest BCUT2D eigenvalue weighted by molar-refractivity contribution is 5.68. The van der Waals surface area contributed by atoms with Crippen LogP contribution < -0.4 is 4.74 Å². The minimum absolute atomic E-state index is 0.0845. The molecule has 1 amide bonds. The first-order chi connectivity index (χ1) is 9.73. The van der Waals surface area contributed by atoms with Crippen molar-refractivity contribution in [2.24, 2.45) is 0 Å². The third-order valence-electron chi connectivity index (χ3n) is 3.03. The molecule has 1 aliphatic heterocycles. The largest absolute Gasteiger partial charge is 0.458 e. The monoisotopic (exact) mass is 293 g/mol.